The van der Waals surface area contributed by atoms with Crippen LogP contribution in [0.15, 0.2) is 41.6 Å². The molecule has 0 bridgehead atoms. The maximum atomic E-state index is 12.3. The Morgan fingerprint density at radius 3 is 2.42 bits per heavy atom. The minimum Gasteiger partial charge on any atom is -0.345 e. The zero-order valence-electron chi connectivity index (χ0n) is 11.2. The van der Waals surface area contributed by atoms with Crippen molar-refractivity contribution >= 4 is 11.9 Å². The fourth-order valence-electron chi connectivity index (χ4n) is 2.11. The van der Waals surface area contributed by atoms with Crippen LogP contribution >= 0.6 is 0 Å². The molecule has 0 saturated heterocycles. The zero-order valence-corrected chi connectivity index (χ0v) is 11.2. The molecule has 1 heterocycles. The lowest BCUT2D eigenvalue weighted by Gasteiger charge is -2.30. The largest absolute Gasteiger partial charge is 0.345 e. The molecule has 0 aliphatic carbocycles. The average molecular weight is 259 g/mol. The highest BCUT2D eigenvalue weighted by molar-refractivity contribution is 5.98. The van der Waals surface area contributed by atoms with Crippen molar-refractivity contribution in [1.29, 1.82) is 0 Å². The quantitative estimate of drug-likeness (QED) is 0.843. The fraction of sp³-hybridized carbons (Fsp3) is 0.286. The lowest BCUT2D eigenvalue weighted by molar-refractivity contribution is -0.125. The second kappa shape index (κ2) is 5.14. The molecule has 0 aromatic heterocycles. The van der Waals surface area contributed by atoms with Crippen molar-refractivity contribution in [3.05, 3.63) is 47.2 Å². The number of nitrogens with one attached hydrogen (secondary N) is 2. The number of amides is 3. The fourth-order valence-corrected chi connectivity index (χ4v) is 2.11. The summed E-state index contributed by atoms with van der Waals surface area (Å²) in [5.41, 5.74) is 2.05. The Bertz CT molecular complexity index is 535. The molecule has 0 spiro atoms. The summed E-state index contributed by atoms with van der Waals surface area (Å²) in [5.74, 6) is -0.112. The molecule has 2 N–H and O–H groups in total. The summed E-state index contributed by atoms with van der Waals surface area (Å²) < 4.78 is 0. The van der Waals surface area contributed by atoms with Gasteiger partial charge >= 0.3 is 6.03 Å². The number of carbonyl (C=O) groups excluding carboxylic acids is 2. The summed E-state index contributed by atoms with van der Waals surface area (Å²) in [6.45, 7) is 1.74. The third kappa shape index (κ3) is 2.59. The monoisotopic (exact) mass is 259 g/mol. The van der Waals surface area contributed by atoms with E-state index in [0.717, 1.165) is 5.56 Å². The van der Waals surface area contributed by atoms with Gasteiger partial charge in [0.25, 0.3) is 5.91 Å². The molecule has 0 saturated carbocycles. The SMILES string of the molecule is CC1=C(C(=O)N(C)C)C(c2ccccc2)NC(=O)N1. The van der Waals surface area contributed by atoms with E-state index in [0.29, 0.717) is 11.3 Å². The molecule has 19 heavy (non-hydrogen) atoms. The Balaban J connectivity index is 2.47. The van der Waals surface area contributed by atoms with Crippen molar-refractivity contribution in [1.82, 2.24) is 15.5 Å². The maximum Gasteiger partial charge on any atom is 0.319 e. The molecule has 1 aromatic rings. The number of nitrogens with zero attached hydrogens (tertiary/aromatic N) is 1. The molecule has 5 nitrogen and oxygen atoms in total. The van der Waals surface area contributed by atoms with Crippen molar-refractivity contribution in [3.8, 4) is 0 Å². The predicted molar refractivity (Wildman–Crippen MR) is 72.2 cm³/mol. The molecular weight excluding hydrogens is 242 g/mol. The van der Waals surface area contributed by atoms with E-state index in [1.54, 1.807) is 21.0 Å². The van der Waals surface area contributed by atoms with Crippen LogP contribution in [0.25, 0.3) is 0 Å². The molecule has 3 amide bonds. The first kappa shape index (κ1) is 13.1. The normalized spacial score (nSPS) is 18.7. The molecule has 100 valence electrons. The van der Waals surface area contributed by atoms with E-state index in [1.165, 1.54) is 4.90 Å². The van der Waals surface area contributed by atoms with E-state index in [4.69, 9.17) is 0 Å². The topological polar surface area (TPSA) is 61.4 Å². The molecule has 2 rings (SSSR count). The number of allylic oxidation sites excluding steroid dienone is 1. The van der Waals surface area contributed by atoms with Gasteiger partial charge in [-0.05, 0) is 12.5 Å². The maximum absolute atomic E-state index is 12.3. The van der Waals surface area contributed by atoms with Crippen LogP contribution in [0.5, 0.6) is 0 Å². The number of rotatable bonds is 2. The van der Waals surface area contributed by atoms with Crippen molar-refractivity contribution in [2.24, 2.45) is 0 Å². The third-order valence-corrected chi connectivity index (χ3v) is 3.04. The van der Waals surface area contributed by atoms with Gasteiger partial charge in [-0.25, -0.2) is 4.79 Å². The number of hydrogen-bond acceptors (Lipinski definition) is 2. The molecule has 0 radical (unpaired) electrons. The summed E-state index contributed by atoms with van der Waals surface area (Å²) in [6.07, 6.45) is 0. The lowest BCUT2D eigenvalue weighted by atomic mass is 9.95. The molecule has 5 heteroatoms. The first-order chi connectivity index (χ1) is 9.00. The van der Waals surface area contributed by atoms with Crippen LogP contribution in [0, 0.1) is 0 Å². The number of likely N-dealkylation sites (N-methyl/N-ethyl adjacent to an activating group) is 1. The highest BCUT2D eigenvalue weighted by atomic mass is 16.2. The highest BCUT2D eigenvalue weighted by Gasteiger charge is 2.31. The van der Waals surface area contributed by atoms with Crippen LogP contribution in [-0.2, 0) is 4.79 Å². The van der Waals surface area contributed by atoms with E-state index in [-0.39, 0.29) is 11.9 Å². The smallest absolute Gasteiger partial charge is 0.319 e. The van der Waals surface area contributed by atoms with Crippen molar-refractivity contribution < 1.29 is 9.59 Å². The Morgan fingerprint density at radius 2 is 1.84 bits per heavy atom. The van der Waals surface area contributed by atoms with Crippen molar-refractivity contribution in [3.63, 3.8) is 0 Å². The van der Waals surface area contributed by atoms with Crippen molar-refractivity contribution in [2.45, 2.75) is 13.0 Å². The Labute approximate surface area is 112 Å². The van der Waals surface area contributed by atoms with Crippen LogP contribution in [0.2, 0.25) is 0 Å². The van der Waals surface area contributed by atoms with Crippen LogP contribution in [0.3, 0.4) is 0 Å². The van der Waals surface area contributed by atoms with E-state index in [9.17, 15) is 9.59 Å². The van der Waals surface area contributed by atoms with E-state index < -0.39 is 6.04 Å². The Kier molecular flexibility index (Phi) is 3.55. The second-order valence-corrected chi connectivity index (χ2v) is 4.68. The molecule has 1 aromatic carbocycles. The van der Waals surface area contributed by atoms with Gasteiger partial charge in [0.2, 0.25) is 0 Å². The predicted octanol–water partition coefficient (Wildman–Crippen LogP) is 1.40. The molecule has 1 aliphatic heterocycles. The number of carbonyl (C=O) groups is 2. The van der Waals surface area contributed by atoms with Crippen LogP contribution in [-0.4, -0.2) is 30.9 Å². The highest BCUT2D eigenvalue weighted by Crippen LogP contribution is 2.27. The molecule has 1 aliphatic rings. The van der Waals surface area contributed by atoms with Crippen LogP contribution in [0.4, 0.5) is 4.79 Å². The van der Waals surface area contributed by atoms with Gasteiger partial charge in [-0.15, -0.1) is 0 Å². The number of benzene rings is 1. The first-order valence-corrected chi connectivity index (χ1v) is 6.05. The zero-order chi connectivity index (χ0) is 14.0. The molecule has 1 atom stereocenters. The number of urea groups is 1. The summed E-state index contributed by atoms with van der Waals surface area (Å²) in [5, 5.41) is 5.44. The van der Waals surface area contributed by atoms with Gasteiger partial charge in [0.05, 0.1) is 11.6 Å². The Morgan fingerprint density at radius 1 is 1.21 bits per heavy atom. The Hall–Kier alpha value is -2.30. The number of hydrogen-bond donors (Lipinski definition) is 2. The van der Waals surface area contributed by atoms with E-state index in [1.807, 2.05) is 30.3 Å². The minimum atomic E-state index is -0.412. The van der Waals surface area contributed by atoms with E-state index in [2.05, 4.69) is 10.6 Å². The van der Waals surface area contributed by atoms with Gasteiger partial charge in [0, 0.05) is 19.8 Å². The van der Waals surface area contributed by atoms with Crippen molar-refractivity contribution in [2.75, 3.05) is 14.1 Å². The van der Waals surface area contributed by atoms with Crippen LogP contribution in [0.1, 0.15) is 18.5 Å². The summed E-state index contributed by atoms with van der Waals surface area (Å²) in [7, 11) is 3.39. The van der Waals surface area contributed by atoms with Gasteiger partial charge in [0.15, 0.2) is 0 Å². The van der Waals surface area contributed by atoms with Gasteiger partial charge in [-0.1, -0.05) is 30.3 Å². The lowest BCUT2D eigenvalue weighted by Crippen LogP contribution is -2.46. The first-order valence-electron chi connectivity index (χ1n) is 6.05. The average Bonchev–Trinajstić information content (AvgIpc) is 2.38. The van der Waals surface area contributed by atoms with Gasteiger partial charge in [-0.3, -0.25) is 4.79 Å². The van der Waals surface area contributed by atoms with E-state index >= 15 is 0 Å². The standard InChI is InChI=1S/C14H17N3O2/c1-9-11(13(18)17(2)3)12(16-14(19)15-9)10-7-5-4-6-8-10/h4-8,12H,1-3H3,(H2,15,16,19). The van der Waals surface area contributed by atoms with Gasteiger partial charge < -0.3 is 15.5 Å². The molecule has 1 unspecified atom stereocenters. The van der Waals surface area contributed by atoms with Crippen LogP contribution < -0.4 is 10.6 Å². The summed E-state index contributed by atoms with van der Waals surface area (Å²) >= 11 is 0. The third-order valence-electron chi connectivity index (χ3n) is 3.04. The van der Waals surface area contributed by atoms with Gasteiger partial charge in [0.1, 0.15) is 0 Å². The second-order valence-electron chi connectivity index (χ2n) is 4.68. The molecular formula is C14H17N3O2. The minimum absolute atomic E-state index is 0.112. The molecule has 0 fully saturated rings. The summed E-state index contributed by atoms with van der Waals surface area (Å²) in [6, 6.07) is 8.76. The summed E-state index contributed by atoms with van der Waals surface area (Å²) in [4.78, 5) is 25.4. The van der Waals surface area contributed by atoms with Gasteiger partial charge in [-0.2, -0.15) is 0 Å².